The summed E-state index contributed by atoms with van der Waals surface area (Å²) >= 11 is 0. The fourth-order valence-corrected chi connectivity index (χ4v) is 2.70. The molecule has 1 aliphatic carbocycles. The van der Waals surface area contributed by atoms with Gasteiger partial charge in [-0.25, -0.2) is 4.39 Å². The van der Waals surface area contributed by atoms with Crippen LogP contribution < -0.4 is 5.32 Å². The number of benzene rings is 1. The van der Waals surface area contributed by atoms with Gasteiger partial charge in [-0.1, -0.05) is 0 Å². The molecule has 0 bridgehead atoms. The zero-order valence-electron chi connectivity index (χ0n) is 11.3. The highest BCUT2D eigenvalue weighted by molar-refractivity contribution is 5.95. The monoisotopic (exact) mass is 294 g/mol. The summed E-state index contributed by atoms with van der Waals surface area (Å²) in [6, 6.07) is 2.80. The molecule has 1 heterocycles. The molecule has 112 valence electrons. The van der Waals surface area contributed by atoms with Crippen LogP contribution in [0.4, 0.5) is 10.1 Å². The number of halogens is 1. The molecular weight excluding hydrogens is 279 g/mol. The summed E-state index contributed by atoms with van der Waals surface area (Å²) in [7, 11) is 0. The third-order valence-corrected chi connectivity index (χ3v) is 3.94. The maximum absolute atomic E-state index is 13.7. The van der Waals surface area contributed by atoms with Gasteiger partial charge in [-0.3, -0.25) is 14.9 Å². The molecule has 1 aliphatic heterocycles. The molecule has 7 heteroatoms. The lowest BCUT2D eigenvalue weighted by atomic mass is 10.1. The van der Waals surface area contributed by atoms with Gasteiger partial charge in [0.1, 0.15) is 5.82 Å². The van der Waals surface area contributed by atoms with Gasteiger partial charge in [0, 0.05) is 18.7 Å². The maximum Gasteiger partial charge on any atom is 0.270 e. The second-order valence-electron chi connectivity index (χ2n) is 5.46. The number of non-ortho nitro benzene ring substituents is 1. The summed E-state index contributed by atoms with van der Waals surface area (Å²) in [5.74, 6) is -0.926. The Morgan fingerprint density at radius 1 is 1.38 bits per heavy atom. The van der Waals surface area contributed by atoms with Gasteiger partial charge in [0.15, 0.2) is 0 Å². The van der Waals surface area contributed by atoms with Gasteiger partial charge < -0.3 is 10.1 Å². The Morgan fingerprint density at radius 2 is 2.14 bits per heavy atom. The van der Waals surface area contributed by atoms with Crippen LogP contribution >= 0.6 is 0 Å². The number of nitrogens with one attached hydrogen (secondary N) is 1. The lowest BCUT2D eigenvalue weighted by molar-refractivity contribution is -0.384. The molecule has 1 saturated carbocycles. The third-order valence-electron chi connectivity index (χ3n) is 3.94. The van der Waals surface area contributed by atoms with E-state index in [-0.39, 0.29) is 23.4 Å². The average molecular weight is 294 g/mol. The van der Waals surface area contributed by atoms with Gasteiger partial charge in [0.2, 0.25) is 0 Å². The normalized spacial score (nSPS) is 24.8. The van der Waals surface area contributed by atoms with Crippen molar-refractivity contribution >= 4 is 11.6 Å². The van der Waals surface area contributed by atoms with Gasteiger partial charge in [-0.05, 0) is 31.2 Å². The van der Waals surface area contributed by atoms with E-state index >= 15 is 0 Å². The Morgan fingerprint density at radius 3 is 2.81 bits per heavy atom. The lowest BCUT2D eigenvalue weighted by Crippen LogP contribution is -2.41. The Kier molecular flexibility index (Phi) is 3.59. The number of hydrogen-bond acceptors (Lipinski definition) is 4. The third kappa shape index (κ3) is 2.87. The fraction of sp³-hybridized carbons (Fsp3) is 0.500. The van der Waals surface area contributed by atoms with E-state index < -0.39 is 16.6 Å². The first-order valence-corrected chi connectivity index (χ1v) is 6.92. The largest absolute Gasteiger partial charge is 0.376 e. The van der Waals surface area contributed by atoms with Crippen molar-refractivity contribution in [3.63, 3.8) is 0 Å². The Labute approximate surface area is 120 Å². The number of hydrogen-bond donors (Lipinski definition) is 1. The van der Waals surface area contributed by atoms with E-state index in [1.54, 1.807) is 0 Å². The molecule has 0 radical (unpaired) electrons. The molecule has 1 amide bonds. The number of nitrogens with zero attached hydrogens (tertiary/aromatic N) is 1. The Bertz CT molecular complexity index is 588. The average Bonchev–Trinajstić information content (AvgIpc) is 3.19. The van der Waals surface area contributed by atoms with Crippen molar-refractivity contribution in [1.82, 2.24) is 5.32 Å². The van der Waals surface area contributed by atoms with Gasteiger partial charge in [0.25, 0.3) is 11.6 Å². The number of rotatable bonds is 4. The molecular formula is C14H15FN2O4. The smallest absolute Gasteiger partial charge is 0.270 e. The first kappa shape index (κ1) is 13.9. The molecule has 1 saturated heterocycles. The summed E-state index contributed by atoms with van der Waals surface area (Å²) in [6.45, 7) is 0.573. The van der Waals surface area contributed by atoms with Crippen LogP contribution in [0, 0.1) is 21.8 Å². The molecule has 6 nitrogen and oxygen atoms in total. The van der Waals surface area contributed by atoms with Crippen molar-refractivity contribution in [3.05, 3.63) is 39.7 Å². The van der Waals surface area contributed by atoms with E-state index in [2.05, 4.69) is 5.32 Å². The minimum atomic E-state index is -0.764. The predicted octanol–water partition coefficient (Wildman–Crippen LogP) is 2.03. The van der Waals surface area contributed by atoms with Gasteiger partial charge >= 0.3 is 0 Å². The molecule has 2 atom stereocenters. The molecule has 1 aromatic carbocycles. The number of amides is 1. The number of nitro groups is 1. The van der Waals surface area contributed by atoms with Crippen LogP contribution in [0.15, 0.2) is 18.2 Å². The Balaban J connectivity index is 1.75. The topological polar surface area (TPSA) is 81.5 Å². The van der Waals surface area contributed by atoms with Crippen LogP contribution in [-0.4, -0.2) is 29.6 Å². The first-order chi connectivity index (χ1) is 10.1. The number of carbonyl (C=O) groups excluding carboxylic acids is 1. The number of carbonyl (C=O) groups is 1. The SMILES string of the molecule is O=C(NC1CCOC1C1CC1)c1cc([N+](=O)[O-])ccc1F. The molecule has 0 spiro atoms. The van der Waals surface area contributed by atoms with Crippen molar-refractivity contribution < 1.29 is 18.8 Å². The summed E-state index contributed by atoms with van der Waals surface area (Å²) in [4.78, 5) is 22.2. The quantitative estimate of drug-likeness (QED) is 0.680. The summed E-state index contributed by atoms with van der Waals surface area (Å²) in [5.41, 5.74) is -0.603. The van der Waals surface area contributed by atoms with Crippen LogP contribution in [0.1, 0.15) is 29.6 Å². The standard InChI is InChI=1S/C14H15FN2O4/c15-11-4-3-9(17(19)20)7-10(11)14(18)16-12-5-6-21-13(12)8-1-2-8/h3-4,7-8,12-13H,1-2,5-6H2,(H,16,18). The van der Waals surface area contributed by atoms with Crippen molar-refractivity contribution in [2.75, 3.05) is 6.61 Å². The first-order valence-electron chi connectivity index (χ1n) is 6.92. The maximum atomic E-state index is 13.7. The summed E-state index contributed by atoms with van der Waals surface area (Å²) in [6.07, 6.45) is 2.84. The van der Waals surface area contributed by atoms with E-state index in [4.69, 9.17) is 4.74 Å². The molecule has 2 aliphatic rings. The predicted molar refractivity (Wildman–Crippen MR) is 71.4 cm³/mol. The molecule has 2 unspecified atom stereocenters. The van der Waals surface area contributed by atoms with E-state index in [1.807, 2.05) is 0 Å². The second kappa shape index (κ2) is 5.40. The molecule has 3 rings (SSSR count). The zero-order valence-corrected chi connectivity index (χ0v) is 11.3. The second-order valence-corrected chi connectivity index (χ2v) is 5.46. The Hall–Kier alpha value is -2.02. The molecule has 0 aromatic heterocycles. The minimum Gasteiger partial charge on any atom is -0.376 e. The van der Waals surface area contributed by atoms with Gasteiger partial charge in [0.05, 0.1) is 22.6 Å². The number of nitro benzene ring substituents is 1. The molecule has 2 fully saturated rings. The van der Waals surface area contributed by atoms with Crippen molar-refractivity contribution in [2.24, 2.45) is 5.92 Å². The van der Waals surface area contributed by atoms with Crippen LogP contribution in [-0.2, 0) is 4.74 Å². The summed E-state index contributed by atoms with van der Waals surface area (Å²) < 4.78 is 19.3. The van der Waals surface area contributed by atoms with Gasteiger partial charge in [-0.2, -0.15) is 0 Å². The van der Waals surface area contributed by atoms with Crippen LogP contribution in [0.5, 0.6) is 0 Å². The zero-order chi connectivity index (χ0) is 15.0. The lowest BCUT2D eigenvalue weighted by Gasteiger charge is -2.19. The molecule has 1 N–H and O–H groups in total. The minimum absolute atomic E-state index is 0.0179. The van der Waals surface area contributed by atoms with Crippen LogP contribution in [0.3, 0.4) is 0 Å². The van der Waals surface area contributed by atoms with E-state index in [0.717, 1.165) is 31.0 Å². The van der Waals surface area contributed by atoms with Crippen molar-refractivity contribution in [2.45, 2.75) is 31.4 Å². The van der Waals surface area contributed by atoms with E-state index in [0.29, 0.717) is 18.9 Å². The van der Waals surface area contributed by atoms with Crippen LogP contribution in [0.2, 0.25) is 0 Å². The highest BCUT2D eigenvalue weighted by atomic mass is 19.1. The van der Waals surface area contributed by atoms with E-state index in [1.165, 1.54) is 0 Å². The number of ether oxygens (including phenoxy) is 1. The highest BCUT2D eigenvalue weighted by Crippen LogP contribution is 2.38. The van der Waals surface area contributed by atoms with Crippen molar-refractivity contribution in [1.29, 1.82) is 0 Å². The van der Waals surface area contributed by atoms with Crippen molar-refractivity contribution in [3.8, 4) is 0 Å². The molecule has 1 aromatic rings. The molecule has 21 heavy (non-hydrogen) atoms. The summed E-state index contributed by atoms with van der Waals surface area (Å²) in [5, 5.41) is 13.5. The van der Waals surface area contributed by atoms with E-state index in [9.17, 15) is 19.3 Å². The van der Waals surface area contributed by atoms with Gasteiger partial charge in [-0.15, -0.1) is 0 Å². The fourth-order valence-electron chi connectivity index (χ4n) is 2.70. The highest BCUT2D eigenvalue weighted by Gasteiger charge is 2.41. The van der Waals surface area contributed by atoms with Crippen LogP contribution in [0.25, 0.3) is 0 Å².